The molecule has 0 spiro atoms. The maximum Gasteiger partial charge on any atom is 0.229 e. The SMILES string of the molecule is Cc1ccc(C)c(Nc2nc(C)cc(Nc3ccccc3C)n2)c1. The molecule has 0 fully saturated rings. The van der Waals surface area contributed by atoms with E-state index >= 15 is 0 Å². The van der Waals surface area contributed by atoms with Crippen molar-refractivity contribution in [2.75, 3.05) is 10.6 Å². The van der Waals surface area contributed by atoms with Gasteiger partial charge in [0.05, 0.1) is 0 Å². The summed E-state index contributed by atoms with van der Waals surface area (Å²) >= 11 is 0. The third-order valence-electron chi connectivity index (χ3n) is 3.90. The lowest BCUT2D eigenvalue weighted by atomic mass is 10.1. The van der Waals surface area contributed by atoms with Crippen LogP contribution in [0.1, 0.15) is 22.4 Å². The monoisotopic (exact) mass is 318 g/mol. The van der Waals surface area contributed by atoms with Crippen LogP contribution in [-0.4, -0.2) is 9.97 Å². The number of rotatable bonds is 4. The molecule has 24 heavy (non-hydrogen) atoms. The highest BCUT2D eigenvalue weighted by molar-refractivity contribution is 5.64. The van der Waals surface area contributed by atoms with E-state index < -0.39 is 0 Å². The standard InChI is InChI=1S/C20H22N4/c1-13-9-10-15(3)18(11-13)23-20-21-16(4)12-19(24-20)22-17-8-6-5-7-14(17)2/h5-12H,1-4H3,(H2,21,22,23,24). The normalized spacial score (nSPS) is 10.5. The Hall–Kier alpha value is -2.88. The van der Waals surface area contributed by atoms with Gasteiger partial charge in [-0.15, -0.1) is 0 Å². The maximum atomic E-state index is 4.60. The van der Waals surface area contributed by atoms with Gasteiger partial charge in [0.1, 0.15) is 5.82 Å². The third-order valence-corrected chi connectivity index (χ3v) is 3.90. The summed E-state index contributed by atoms with van der Waals surface area (Å²) in [6.45, 7) is 8.20. The largest absolute Gasteiger partial charge is 0.340 e. The van der Waals surface area contributed by atoms with Crippen LogP contribution in [0.3, 0.4) is 0 Å². The van der Waals surface area contributed by atoms with Crippen molar-refractivity contribution in [2.24, 2.45) is 0 Å². The summed E-state index contributed by atoms with van der Waals surface area (Å²) in [5.74, 6) is 1.38. The van der Waals surface area contributed by atoms with Crippen LogP contribution < -0.4 is 10.6 Å². The van der Waals surface area contributed by atoms with Crippen LogP contribution in [0.2, 0.25) is 0 Å². The molecule has 0 bridgehead atoms. The second-order valence-electron chi connectivity index (χ2n) is 6.10. The molecule has 4 heteroatoms. The minimum atomic E-state index is 0.597. The summed E-state index contributed by atoms with van der Waals surface area (Å²) in [7, 11) is 0. The molecule has 3 rings (SSSR count). The molecule has 0 aliphatic heterocycles. The summed E-state index contributed by atoms with van der Waals surface area (Å²) < 4.78 is 0. The number of hydrogen-bond donors (Lipinski definition) is 2. The molecule has 122 valence electrons. The van der Waals surface area contributed by atoms with Gasteiger partial charge in [0.15, 0.2) is 0 Å². The number of hydrogen-bond acceptors (Lipinski definition) is 4. The molecule has 0 aliphatic rings. The van der Waals surface area contributed by atoms with E-state index in [2.05, 4.69) is 65.6 Å². The maximum absolute atomic E-state index is 4.60. The molecule has 0 saturated carbocycles. The highest BCUT2D eigenvalue weighted by Crippen LogP contribution is 2.23. The predicted octanol–water partition coefficient (Wildman–Crippen LogP) is 5.20. The highest BCUT2D eigenvalue weighted by atomic mass is 15.1. The Morgan fingerprint density at radius 2 is 1.46 bits per heavy atom. The van der Waals surface area contributed by atoms with Crippen LogP contribution in [-0.2, 0) is 0 Å². The van der Waals surface area contributed by atoms with Gasteiger partial charge in [-0.1, -0.05) is 30.3 Å². The Kier molecular flexibility index (Phi) is 4.47. The van der Waals surface area contributed by atoms with Crippen LogP contribution in [0.4, 0.5) is 23.1 Å². The van der Waals surface area contributed by atoms with Crippen LogP contribution >= 0.6 is 0 Å². The molecule has 0 radical (unpaired) electrons. The van der Waals surface area contributed by atoms with Crippen LogP contribution in [0.5, 0.6) is 0 Å². The molecule has 0 atom stereocenters. The number of benzene rings is 2. The molecule has 0 unspecified atom stereocenters. The number of para-hydroxylation sites is 1. The van der Waals surface area contributed by atoms with Crippen molar-refractivity contribution in [3.05, 3.63) is 70.9 Å². The van der Waals surface area contributed by atoms with E-state index in [0.29, 0.717) is 5.95 Å². The molecular weight excluding hydrogens is 296 g/mol. The summed E-state index contributed by atoms with van der Waals surface area (Å²) in [5.41, 5.74) is 6.54. The summed E-state index contributed by atoms with van der Waals surface area (Å²) in [5, 5.41) is 6.71. The number of nitrogens with one attached hydrogen (secondary N) is 2. The molecule has 1 aromatic heterocycles. The van der Waals surface area contributed by atoms with E-state index in [1.54, 1.807) is 0 Å². The number of anilines is 4. The average Bonchev–Trinajstić information content (AvgIpc) is 2.53. The quantitative estimate of drug-likeness (QED) is 0.694. The zero-order chi connectivity index (χ0) is 17.1. The Bertz CT molecular complexity index is 871. The number of aromatic nitrogens is 2. The van der Waals surface area contributed by atoms with E-state index in [1.807, 2.05) is 31.2 Å². The molecule has 4 nitrogen and oxygen atoms in total. The summed E-state index contributed by atoms with van der Waals surface area (Å²) in [6.07, 6.45) is 0. The van der Waals surface area contributed by atoms with Gasteiger partial charge in [-0.05, 0) is 56.5 Å². The smallest absolute Gasteiger partial charge is 0.229 e. The first-order chi connectivity index (χ1) is 11.5. The molecule has 0 saturated heterocycles. The van der Waals surface area contributed by atoms with E-state index in [-0.39, 0.29) is 0 Å². The Labute approximate surface area is 143 Å². The summed E-state index contributed by atoms with van der Waals surface area (Å²) in [4.78, 5) is 9.10. The predicted molar refractivity (Wildman–Crippen MR) is 100 cm³/mol. The third kappa shape index (κ3) is 3.71. The summed E-state index contributed by atoms with van der Waals surface area (Å²) in [6, 6.07) is 16.4. The Morgan fingerprint density at radius 1 is 0.708 bits per heavy atom. The first-order valence-corrected chi connectivity index (χ1v) is 8.04. The van der Waals surface area contributed by atoms with Crippen LogP contribution in [0, 0.1) is 27.7 Å². The molecule has 2 N–H and O–H groups in total. The second-order valence-corrected chi connectivity index (χ2v) is 6.10. The molecule has 3 aromatic rings. The fourth-order valence-corrected chi connectivity index (χ4v) is 2.53. The van der Waals surface area contributed by atoms with Gasteiger partial charge in [0.25, 0.3) is 0 Å². The Morgan fingerprint density at radius 3 is 2.25 bits per heavy atom. The second kappa shape index (κ2) is 6.71. The number of nitrogens with zero attached hydrogens (tertiary/aromatic N) is 2. The van der Waals surface area contributed by atoms with Gasteiger partial charge in [0, 0.05) is 23.1 Å². The van der Waals surface area contributed by atoms with Gasteiger partial charge >= 0.3 is 0 Å². The zero-order valence-electron chi connectivity index (χ0n) is 14.5. The molecule has 0 amide bonds. The Balaban J connectivity index is 1.89. The lowest BCUT2D eigenvalue weighted by Crippen LogP contribution is -2.04. The first kappa shape index (κ1) is 16.0. The molecule has 1 heterocycles. The van der Waals surface area contributed by atoms with E-state index in [9.17, 15) is 0 Å². The number of aryl methyl sites for hydroxylation is 4. The first-order valence-electron chi connectivity index (χ1n) is 8.04. The van der Waals surface area contributed by atoms with Gasteiger partial charge in [-0.25, -0.2) is 4.98 Å². The fourth-order valence-electron chi connectivity index (χ4n) is 2.53. The van der Waals surface area contributed by atoms with Gasteiger partial charge in [0.2, 0.25) is 5.95 Å². The van der Waals surface area contributed by atoms with Crippen molar-refractivity contribution in [1.29, 1.82) is 0 Å². The average molecular weight is 318 g/mol. The molecule has 0 aliphatic carbocycles. The lowest BCUT2D eigenvalue weighted by molar-refractivity contribution is 1.10. The van der Waals surface area contributed by atoms with Gasteiger partial charge in [-0.2, -0.15) is 4.98 Å². The van der Waals surface area contributed by atoms with Crippen LogP contribution in [0.15, 0.2) is 48.5 Å². The minimum Gasteiger partial charge on any atom is -0.340 e. The van der Waals surface area contributed by atoms with Gasteiger partial charge < -0.3 is 10.6 Å². The topological polar surface area (TPSA) is 49.8 Å². The fraction of sp³-hybridized carbons (Fsp3) is 0.200. The molecule has 2 aromatic carbocycles. The lowest BCUT2D eigenvalue weighted by Gasteiger charge is -2.13. The van der Waals surface area contributed by atoms with Crippen molar-refractivity contribution in [2.45, 2.75) is 27.7 Å². The molecular formula is C20H22N4. The van der Waals surface area contributed by atoms with E-state index in [0.717, 1.165) is 22.9 Å². The van der Waals surface area contributed by atoms with Crippen molar-refractivity contribution in [1.82, 2.24) is 9.97 Å². The van der Waals surface area contributed by atoms with E-state index in [1.165, 1.54) is 16.7 Å². The van der Waals surface area contributed by atoms with Crippen molar-refractivity contribution in [3.8, 4) is 0 Å². The van der Waals surface area contributed by atoms with Crippen molar-refractivity contribution >= 4 is 23.1 Å². The van der Waals surface area contributed by atoms with Crippen molar-refractivity contribution < 1.29 is 0 Å². The van der Waals surface area contributed by atoms with Gasteiger partial charge in [-0.3, -0.25) is 0 Å². The highest BCUT2D eigenvalue weighted by Gasteiger charge is 2.06. The zero-order valence-corrected chi connectivity index (χ0v) is 14.5. The minimum absolute atomic E-state index is 0.597. The van der Waals surface area contributed by atoms with E-state index in [4.69, 9.17) is 0 Å². The van der Waals surface area contributed by atoms with Crippen molar-refractivity contribution in [3.63, 3.8) is 0 Å². The van der Waals surface area contributed by atoms with Crippen LogP contribution in [0.25, 0.3) is 0 Å².